The fourth-order valence-electron chi connectivity index (χ4n) is 2.75. The Bertz CT molecular complexity index is 977. The highest BCUT2D eigenvalue weighted by Gasteiger charge is 2.12. The van der Waals surface area contributed by atoms with Crippen LogP contribution in [-0.4, -0.2) is 43.3 Å². The van der Waals surface area contributed by atoms with Crippen molar-refractivity contribution >= 4 is 46.4 Å². The molecule has 0 saturated heterocycles. The number of benzene rings is 2. The summed E-state index contributed by atoms with van der Waals surface area (Å²) in [6, 6.07) is 8.01. The number of nitrogens with two attached hydrogens (primary N) is 1. The molecule has 4 N–H and O–H groups in total. The van der Waals surface area contributed by atoms with Gasteiger partial charge in [-0.05, 0) is 37.2 Å². The predicted molar refractivity (Wildman–Crippen MR) is 120 cm³/mol. The average Bonchev–Trinajstić information content (AvgIpc) is 2.73. The minimum Gasteiger partial charge on any atom is -0.493 e. The van der Waals surface area contributed by atoms with Crippen molar-refractivity contribution in [3.63, 3.8) is 0 Å². The molecule has 1 heterocycles. The van der Waals surface area contributed by atoms with E-state index in [9.17, 15) is 4.39 Å². The van der Waals surface area contributed by atoms with Gasteiger partial charge in [-0.25, -0.2) is 14.4 Å². The van der Waals surface area contributed by atoms with E-state index >= 15 is 0 Å². The third-order valence-electron chi connectivity index (χ3n) is 4.18. The first-order valence-electron chi connectivity index (χ1n) is 9.20. The Hall–Kier alpha value is -2.39. The number of fused-ring (bicyclic) bond motifs is 1. The standard InChI is InChI=1S/C20H23ClFN5O2.ClH/c1-28-18-11-17-14(10-19(18)29-8-2-6-24-7-5-23)20(26-12-25-17)27-13-3-4-16(22)15(21)9-13;/h3-4,9-12,24H,2,5-8,23H2,1H3,(H,25,26,27);1H. The van der Waals surface area contributed by atoms with Gasteiger partial charge in [0.1, 0.15) is 18.0 Å². The van der Waals surface area contributed by atoms with Crippen LogP contribution in [0, 0.1) is 5.82 Å². The number of halogens is 3. The maximum Gasteiger partial charge on any atom is 0.162 e. The summed E-state index contributed by atoms with van der Waals surface area (Å²) in [4.78, 5) is 8.60. The van der Waals surface area contributed by atoms with Crippen LogP contribution in [0.2, 0.25) is 5.02 Å². The van der Waals surface area contributed by atoms with Gasteiger partial charge in [0.15, 0.2) is 11.5 Å². The molecule has 2 aromatic carbocycles. The number of aromatic nitrogens is 2. The van der Waals surface area contributed by atoms with Crippen LogP contribution in [0.1, 0.15) is 6.42 Å². The molecule has 10 heteroatoms. The van der Waals surface area contributed by atoms with Gasteiger partial charge in [-0.1, -0.05) is 11.6 Å². The molecule has 0 aliphatic rings. The molecule has 0 unspecified atom stereocenters. The van der Waals surface area contributed by atoms with E-state index in [0.717, 1.165) is 24.9 Å². The molecule has 0 amide bonds. The van der Waals surface area contributed by atoms with Crippen LogP contribution >= 0.6 is 24.0 Å². The van der Waals surface area contributed by atoms with Crippen LogP contribution in [0.3, 0.4) is 0 Å². The van der Waals surface area contributed by atoms with Crippen molar-refractivity contribution in [1.29, 1.82) is 0 Å². The van der Waals surface area contributed by atoms with Gasteiger partial charge in [-0.15, -0.1) is 12.4 Å². The number of anilines is 2. The zero-order valence-corrected chi connectivity index (χ0v) is 18.0. The van der Waals surface area contributed by atoms with Gasteiger partial charge in [0.25, 0.3) is 0 Å². The van der Waals surface area contributed by atoms with Crippen molar-refractivity contribution in [2.45, 2.75) is 6.42 Å². The van der Waals surface area contributed by atoms with Crippen LogP contribution < -0.4 is 25.8 Å². The number of nitrogens with one attached hydrogen (secondary N) is 2. The Morgan fingerprint density at radius 3 is 2.70 bits per heavy atom. The van der Waals surface area contributed by atoms with Gasteiger partial charge in [-0.2, -0.15) is 0 Å². The maximum atomic E-state index is 13.4. The molecule has 0 aliphatic heterocycles. The van der Waals surface area contributed by atoms with Crippen LogP contribution in [0.4, 0.5) is 15.9 Å². The molecule has 3 aromatic rings. The number of rotatable bonds is 10. The summed E-state index contributed by atoms with van der Waals surface area (Å²) >= 11 is 5.87. The smallest absolute Gasteiger partial charge is 0.162 e. The Morgan fingerprint density at radius 1 is 1.13 bits per heavy atom. The number of nitrogens with zero attached hydrogens (tertiary/aromatic N) is 2. The maximum absolute atomic E-state index is 13.4. The Morgan fingerprint density at radius 2 is 1.97 bits per heavy atom. The Balaban J connectivity index is 0.00000320. The van der Waals surface area contributed by atoms with E-state index in [1.165, 1.54) is 18.5 Å². The van der Waals surface area contributed by atoms with Crippen LogP contribution in [0.5, 0.6) is 11.5 Å². The van der Waals surface area contributed by atoms with E-state index in [2.05, 4.69) is 20.6 Å². The Kier molecular flexibility index (Phi) is 9.32. The van der Waals surface area contributed by atoms with Gasteiger partial charge in [0, 0.05) is 30.2 Å². The number of hydrogen-bond acceptors (Lipinski definition) is 7. The third-order valence-corrected chi connectivity index (χ3v) is 4.47. The van der Waals surface area contributed by atoms with E-state index in [1.807, 2.05) is 6.07 Å². The van der Waals surface area contributed by atoms with Crippen LogP contribution in [0.25, 0.3) is 10.9 Å². The molecule has 1 aromatic heterocycles. The topological polar surface area (TPSA) is 94.3 Å². The molecule has 0 bridgehead atoms. The van der Waals surface area contributed by atoms with Crippen molar-refractivity contribution in [3.05, 3.63) is 47.5 Å². The number of ether oxygens (including phenoxy) is 2. The van der Waals surface area contributed by atoms with Crippen molar-refractivity contribution in [3.8, 4) is 11.5 Å². The second kappa shape index (κ2) is 11.7. The molecule has 7 nitrogen and oxygen atoms in total. The minimum absolute atomic E-state index is 0. The van der Waals surface area contributed by atoms with Gasteiger partial charge < -0.3 is 25.8 Å². The zero-order valence-electron chi connectivity index (χ0n) is 16.5. The lowest BCUT2D eigenvalue weighted by atomic mass is 10.2. The molecule has 30 heavy (non-hydrogen) atoms. The third kappa shape index (κ3) is 6.06. The second-order valence-corrected chi connectivity index (χ2v) is 6.64. The van der Waals surface area contributed by atoms with Gasteiger partial charge >= 0.3 is 0 Å². The summed E-state index contributed by atoms with van der Waals surface area (Å²) < 4.78 is 24.8. The lowest BCUT2D eigenvalue weighted by Gasteiger charge is -2.14. The van der Waals surface area contributed by atoms with Gasteiger partial charge in [0.2, 0.25) is 0 Å². The summed E-state index contributed by atoms with van der Waals surface area (Å²) in [5.41, 5.74) is 6.75. The molecule has 0 radical (unpaired) electrons. The summed E-state index contributed by atoms with van der Waals surface area (Å²) in [7, 11) is 1.58. The zero-order chi connectivity index (χ0) is 20.6. The van der Waals surface area contributed by atoms with Gasteiger partial charge in [0.05, 0.1) is 24.3 Å². The first-order chi connectivity index (χ1) is 14.1. The lowest BCUT2D eigenvalue weighted by Crippen LogP contribution is -2.24. The van der Waals surface area contributed by atoms with E-state index in [1.54, 1.807) is 19.2 Å². The van der Waals surface area contributed by atoms with E-state index < -0.39 is 5.82 Å². The monoisotopic (exact) mass is 455 g/mol. The highest BCUT2D eigenvalue weighted by atomic mass is 35.5. The van der Waals surface area contributed by atoms with Gasteiger partial charge in [-0.3, -0.25) is 0 Å². The first-order valence-corrected chi connectivity index (χ1v) is 9.58. The SMILES string of the molecule is COc1cc2ncnc(Nc3ccc(F)c(Cl)c3)c2cc1OCCCNCCN.Cl. The van der Waals surface area contributed by atoms with E-state index in [-0.39, 0.29) is 17.4 Å². The van der Waals surface area contributed by atoms with Crippen molar-refractivity contribution in [1.82, 2.24) is 15.3 Å². The van der Waals surface area contributed by atoms with Crippen molar-refractivity contribution in [2.24, 2.45) is 5.73 Å². The number of hydrogen-bond donors (Lipinski definition) is 3. The second-order valence-electron chi connectivity index (χ2n) is 6.24. The summed E-state index contributed by atoms with van der Waals surface area (Å²) in [5, 5.41) is 7.14. The largest absolute Gasteiger partial charge is 0.493 e. The summed E-state index contributed by atoms with van der Waals surface area (Å²) in [6.45, 7) is 2.71. The lowest BCUT2D eigenvalue weighted by molar-refractivity contribution is 0.288. The molecule has 0 spiro atoms. The molecule has 0 atom stereocenters. The average molecular weight is 456 g/mol. The molecular formula is C20H24Cl2FN5O2. The highest BCUT2D eigenvalue weighted by molar-refractivity contribution is 6.31. The molecule has 0 saturated carbocycles. The van der Waals surface area contributed by atoms with Crippen molar-refractivity contribution in [2.75, 3.05) is 38.7 Å². The molecule has 0 fully saturated rings. The summed E-state index contributed by atoms with van der Waals surface area (Å²) in [6.07, 6.45) is 2.27. The minimum atomic E-state index is -0.480. The predicted octanol–water partition coefficient (Wildman–Crippen LogP) is 3.91. The highest BCUT2D eigenvalue weighted by Crippen LogP contribution is 2.35. The van der Waals surface area contributed by atoms with Crippen LogP contribution in [-0.2, 0) is 0 Å². The van der Waals surface area contributed by atoms with E-state index in [0.29, 0.717) is 41.7 Å². The van der Waals surface area contributed by atoms with Crippen LogP contribution in [0.15, 0.2) is 36.7 Å². The van der Waals surface area contributed by atoms with Crippen molar-refractivity contribution < 1.29 is 13.9 Å². The fourth-order valence-corrected chi connectivity index (χ4v) is 2.93. The fraction of sp³-hybridized carbons (Fsp3) is 0.300. The quantitative estimate of drug-likeness (QED) is 0.398. The molecular weight excluding hydrogens is 432 g/mol. The molecule has 162 valence electrons. The Labute approximate surface area is 185 Å². The number of methoxy groups -OCH3 is 1. The normalized spacial score (nSPS) is 10.5. The molecule has 0 aliphatic carbocycles. The molecule has 3 rings (SSSR count). The summed E-state index contributed by atoms with van der Waals surface area (Å²) in [5.74, 6) is 1.25. The first kappa shape index (κ1) is 23.9. The van der Waals surface area contributed by atoms with E-state index in [4.69, 9.17) is 26.8 Å².